The summed E-state index contributed by atoms with van der Waals surface area (Å²) in [6, 6.07) is 4.77. The Morgan fingerprint density at radius 3 is 2.35 bits per heavy atom. The molecule has 0 radical (unpaired) electrons. The number of hydrogen-bond donors (Lipinski definition) is 1. The maximum absolute atomic E-state index is 5.98. The molecule has 1 atom stereocenters. The topological polar surface area (TPSA) is 29.3 Å². The minimum absolute atomic E-state index is 0.421. The van der Waals surface area contributed by atoms with E-state index in [1.54, 1.807) is 0 Å². The summed E-state index contributed by atoms with van der Waals surface area (Å²) in [7, 11) is 0. The number of likely N-dealkylation sites (tertiary alicyclic amines) is 1. The first-order valence-corrected chi connectivity index (χ1v) is 8.11. The van der Waals surface area contributed by atoms with Crippen LogP contribution in [-0.2, 0) is 0 Å². The van der Waals surface area contributed by atoms with Crippen LogP contribution in [0.15, 0.2) is 15.9 Å². The van der Waals surface area contributed by atoms with Gasteiger partial charge < -0.3 is 5.73 Å². The number of nitrogens with zero attached hydrogens (tertiary/aromatic N) is 1. The molecule has 2 nitrogen and oxygen atoms in total. The quantitative estimate of drug-likeness (QED) is 0.919. The maximum Gasteiger partial charge on any atom is 0.0702 e. The smallest absolute Gasteiger partial charge is 0.0702 e. The Balaban J connectivity index is 2.05. The molecule has 1 aromatic rings. The molecule has 1 aliphatic rings. The molecule has 1 aromatic heterocycles. The Hall–Kier alpha value is 0.1000. The van der Waals surface area contributed by atoms with Gasteiger partial charge in [0.2, 0.25) is 0 Å². The molecule has 2 N–H and O–H groups in total. The highest BCUT2D eigenvalue weighted by Gasteiger charge is 2.20. The second kappa shape index (κ2) is 6.88. The molecule has 96 valence electrons. The molecule has 17 heavy (non-hydrogen) atoms. The summed E-state index contributed by atoms with van der Waals surface area (Å²) in [4.78, 5) is 3.98. The highest BCUT2D eigenvalue weighted by Crippen LogP contribution is 2.31. The third kappa shape index (κ3) is 3.78. The van der Waals surface area contributed by atoms with Crippen molar-refractivity contribution < 1.29 is 0 Å². The molecule has 2 rings (SSSR count). The fourth-order valence-corrected chi connectivity index (χ4v) is 4.11. The van der Waals surface area contributed by atoms with Crippen molar-refractivity contribution in [2.45, 2.75) is 38.1 Å². The van der Waals surface area contributed by atoms with E-state index < -0.39 is 0 Å². The molecule has 0 spiro atoms. The van der Waals surface area contributed by atoms with Crippen molar-refractivity contribution >= 4 is 27.3 Å². The minimum atomic E-state index is 0.421. The second-order valence-electron chi connectivity index (χ2n) is 4.70. The number of hydrogen-bond acceptors (Lipinski definition) is 3. The molecule has 2 heterocycles. The van der Waals surface area contributed by atoms with Crippen LogP contribution in [0.3, 0.4) is 0 Å². The van der Waals surface area contributed by atoms with Crippen molar-refractivity contribution in [2.75, 3.05) is 19.6 Å². The van der Waals surface area contributed by atoms with Gasteiger partial charge >= 0.3 is 0 Å². The Labute approximate surface area is 116 Å². The van der Waals surface area contributed by atoms with Crippen molar-refractivity contribution in [3.8, 4) is 0 Å². The first-order valence-electron chi connectivity index (χ1n) is 6.50. The van der Waals surface area contributed by atoms with Gasteiger partial charge in [0.25, 0.3) is 0 Å². The summed E-state index contributed by atoms with van der Waals surface area (Å²) in [6.45, 7) is 3.14. The average molecular weight is 317 g/mol. The molecule has 0 bridgehead atoms. The van der Waals surface area contributed by atoms with E-state index in [9.17, 15) is 0 Å². The van der Waals surface area contributed by atoms with Crippen LogP contribution in [0.1, 0.15) is 43.0 Å². The van der Waals surface area contributed by atoms with Gasteiger partial charge in [-0.05, 0) is 54.0 Å². The van der Waals surface area contributed by atoms with E-state index in [4.69, 9.17) is 5.73 Å². The summed E-state index contributed by atoms with van der Waals surface area (Å²) in [5.41, 5.74) is 5.98. The first kappa shape index (κ1) is 13.5. The molecule has 1 unspecified atom stereocenters. The summed E-state index contributed by atoms with van der Waals surface area (Å²) in [5, 5.41) is 0. The Morgan fingerprint density at radius 2 is 1.82 bits per heavy atom. The van der Waals surface area contributed by atoms with Crippen LogP contribution in [-0.4, -0.2) is 24.5 Å². The normalized spacial score (nSPS) is 20.8. The van der Waals surface area contributed by atoms with Gasteiger partial charge in [-0.1, -0.05) is 19.3 Å². The van der Waals surface area contributed by atoms with Crippen molar-refractivity contribution in [3.63, 3.8) is 0 Å². The van der Waals surface area contributed by atoms with Gasteiger partial charge in [-0.3, -0.25) is 4.90 Å². The summed E-state index contributed by atoms with van der Waals surface area (Å²) < 4.78 is 1.21. The van der Waals surface area contributed by atoms with Gasteiger partial charge in [0.1, 0.15) is 0 Å². The number of halogens is 1. The van der Waals surface area contributed by atoms with Gasteiger partial charge in [0, 0.05) is 11.4 Å². The van der Waals surface area contributed by atoms with Crippen LogP contribution in [0.25, 0.3) is 0 Å². The van der Waals surface area contributed by atoms with Crippen LogP contribution >= 0.6 is 27.3 Å². The molecule has 1 fully saturated rings. The van der Waals surface area contributed by atoms with E-state index >= 15 is 0 Å². The SMILES string of the molecule is NCC(c1ccc(Br)s1)N1CCCCCCC1. The Kier molecular flexibility index (Phi) is 5.48. The van der Waals surface area contributed by atoms with E-state index in [1.807, 2.05) is 11.3 Å². The van der Waals surface area contributed by atoms with Gasteiger partial charge in [-0.15, -0.1) is 11.3 Å². The number of rotatable bonds is 3. The Morgan fingerprint density at radius 1 is 1.18 bits per heavy atom. The molecule has 1 saturated heterocycles. The van der Waals surface area contributed by atoms with Crippen LogP contribution < -0.4 is 5.73 Å². The fourth-order valence-electron chi connectivity index (χ4n) is 2.54. The predicted molar refractivity (Wildman–Crippen MR) is 78.5 cm³/mol. The number of thiophene rings is 1. The molecular formula is C13H21BrN2S. The molecule has 0 saturated carbocycles. The van der Waals surface area contributed by atoms with Crippen molar-refractivity contribution in [1.82, 2.24) is 4.90 Å². The van der Waals surface area contributed by atoms with E-state index in [2.05, 4.69) is 33.0 Å². The van der Waals surface area contributed by atoms with E-state index in [-0.39, 0.29) is 0 Å². The summed E-state index contributed by atoms with van der Waals surface area (Å²) in [6.07, 6.45) is 6.81. The first-order chi connectivity index (χ1) is 8.31. The maximum atomic E-state index is 5.98. The Bertz CT molecular complexity index is 332. The zero-order valence-corrected chi connectivity index (χ0v) is 12.6. The zero-order valence-electron chi connectivity index (χ0n) is 10.2. The van der Waals surface area contributed by atoms with Crippen molar-refractivity contribution in [1.29, 1.82) is 0 Å². The third-order valence-corrected chi connectivity index (χ3v) is 5.20. The summed E-state index contributed by atoms with van der Waals surface area (Å²) in [5.74, 6) is 0. The lowest BCUT2D eigenvalue weighted by molar-refractivity contribution is 0.186. The largest absolute Gasteiger partial charge is 0.329 e. The lowest BCUT2D eigenvalue weighted by atomic mass is 10.1. The van der Waals surface area contributed by atoms with Gasteiger partial charge in [0.05, 0.1) is 9.83 Å². The molecular weight excluding hydrogens is 296 g/mol. The van der Waals surface area contributed by atoms with Crippen molar-refractivity contribution in [3.05, 3.63) is 20.8 Å². The second-order valence-corrected chi connectivity index (χ2v) is 7.19. The fraction of sp³-hybridized carbons (Fsp3) is 0.692. The van der Waals surface area contributed by atoms with E-state index in [1.165, 1.54) is 53.9 Å². The van der Waals surface area contributed by atoms with Crippen LogP contribution in [0.2, 0.25) is 0 Å². The highest BCUT2D eigenvalue weighted by atomic mass is 79.9. The van der Waals surface area contributed by atoms with Crippen LogP contribution in [0.5, 0.6) is 0 Å². The zero-order chi connectivity index (χ0) is 12.1. The van der Waals surface area contributed by atoms with Crippen molar-refractivity contribution in [2.24, 2.45) is 5.73 Å². The predicted octanol–water partition coefficient (Wildman–Crippen LogP) is 3.78. The molecule has 4 heteroatoms. The van der Waals surface area contributed by atoms with Gasteiger partial charge in [-0.2, -0.15) is 0 Å². The standard InChI is InChI=1S/C13H21BrN2S/c14-13-7-6-12(17-13)11(10-15)16-8-4-2-1-3-5-9-16/h6-7,11H,1-5,8-10,15H2. The third-order valence-electron chi connectivity index (χ3n) is 3.48. The van der Waals surface area contributed by atoms with Crippen LogP contribution in [0.4, 0.5) is 0 Å². The van der Waals surface area contributed by atoms with Gasteiger partial charge in [0.15, 0.2) is 0 Å². The number of nitrogens with two attached hydrogens (primary N) is 1. The summed E-state index contributed by atoms with van der Waals surface area (Å²) >= 11 is 5.36. The van der Waals surface area contributed by atoms with E-state index in [0.717, 1.165) is 6.54 Å². The minimum Gasteiger partial charge on any atom is -0.329 e. The average Bonchev–Trinajstić information content (AvgIpc) is 2.68. The molecule has 0 amide bonds. The van der Waals surface area contributed by atoms with E-state index in [0.29, 0.717) is 6.04 Å². The van der Waals surface area contributed by atoms with Crippen LogP contribution in [0, 0.1) is 0 Å². The molecule has 1 aliphatic heterocycles. The molecule has 0 aliphatic carbocycles. The lowest BCUT2D eigenvalue weighted by Crippen LogP contribution is -2.35. The highest BCUT2D eigenvalue weighted by molar-refractivity contribution is 9.11. The monoisotopic (exact) mass is 316 g/mol. The van der Waals surface area contributed by atoms with Gasteiger partial charge in [-0.25, -0.2) is 0 Å². The lowest BCUT2D eigenvalue weighted by Gasteiger charge is -2.31. The molecule has 0 aromatic carbocycles.